The molecule has 1 saturated heterocycles. The average Bonchev–Trinajstić information content (AvgIpc) is 2.66. The molecular weight excluding hydrogens is 255 g/mol. The van der Waals surface area contributed by atoms with Gasteiger partial charge in [-0.15, -0.1) is 0 Å². The van der Waals surface area contributed by atoms with Crippen LogP contribution in [0.1, 0.15) is 43.5 Å². The lowest BCUT2D eigenvalue weighted by Crippen LogP contribution is -2.32. The van der Waals surface area contributed by atoms with Gasteiger partial charge in [0.05, 0.1) is 5.56 Å². The van der Waals surface area contributed by atoms with Crippen molar-refractivity contribution in [2.75, 3.05) is 18.8 Å². The maximum Gasteiger partial charge on any atom is 0.256 e. The Morgan fingerprint density at radius 1 is 1.35 bits per heavy atom. The SMILES string of the molecule is CC(C)C1CCCN(C(=O)c2cc(N)ccc2F)CC1. The minimum atomic E-state index is -0.492. The number of amides is 1. The summed E-state index contributed by atoms with van der Waals surface area (Å²) in [6.45, 7) is 5.85. The molecule has 1 atom stereocenters. The lowest BCUT2D eigenvalue weighted by atomic mass is 9.89. The minimum absolute atomic E-state index is 0.0907. The maximum absolute atomic E-state index is 13.8. The van der Waals surface area contributed by atoms with Crippen LogP contribution >= 0.6 is 0 Å². The van der Waals surface area contributed by atoms with Gasteiger partial charge in [-0.1, -0.05) is 13.8 Å². The summed E-state index contributed by atoms with van der Waals surface area (Å²) in [5.41, 5.74) is 6.16. The van der Waals surface area contributed by atoms with Crippen molar-refractivity contribution in [3.8, 4) is 0 Å². The van der Waals surface area contributed by atoms with E-state index >= 15 is 0 Å². The molecule has 0 aliphatic carbocycles. The molecule has 110 valence electrons. The predicted octanol–water partition coefficient (Wildman–Crippen LogP) is 3.31. The predicted molar refractivity (Wildman–Crippen MR) is 78.9 cm³/mol. The van der Waals surface area contributed by atoms with Gasteiger partial charge in [-0.2, -0.15) is 0 Å². The van der Waals surface area contributed by atoms with Crippen molar-refractivity contribution in [3.63, 3.8) is 0 Å². The third kappa shape index (κ3) is 3.30. The lowest BCUT2D eigenvalue weighted by Gasteiger charge is -2.22. The summed E-state index contributed by atoms with van der Waals surface area (Å²) in [4.78, 5) is 14.2. The molecule has 0 radical (unpaired) electrons. The molecule has 0 bridgehead atoms. The van der Waals surface area contributed by atoms with Crippen LogP contribution in [0.25, 0.3) is 0 Å². The van der Waals surface area contributed by atoms with Crippen LogP contribution in [0, 0.1) is 17.7 Å². The fourth-order valence-electron chi connectivity index (χ4n) is 2.87. The monoisotopic (exact) mass is 278 g/mol. The van der Waals surface area contributed by atoms with Crippen LogP contribution in [-0.2, 0) is 0 Å². The van der Waals surface area contributed by atoms with E-state index in [1.54, 1.807) is 4.90 Å². The molecule has 2 rings (SSSR count). The van der Waals surface area contributed by atoms with E-state index in [9.17, 15) is 9.18 Å². The van der Waals surface area contributed by atoms with Crippen LogP contribution in [0.5, 0.6) is 0 Å². The average molecular weight is 278 g/mol. The smallest absolute Gasteiger partial charge is 0.256 e. The van der Waals surface area contributed by atoms with Crippen LogP contribution in [0.3, 0.4) is 0 Å². The maximum atomic E-state index is 13.8. The van der Waals surface area contributed by atoms with Crippen LogP contribution in [0.15, 0.2) is 18.2 Å². The second-order valence-corrected chi connectivity index (χ2v) is 5.97. The zero-order valence-electron chi connectivity index (χ0n) is 12.2. The number of likely N-dealkylation sites (tertiary alicyclic amines) is 1. The number of halogens is 1. The van der Waals surface area contributed by atoms with E-state index in [4.69, 9.17) is 5.73 Å². The second kappa shape index (κ2) is 6.25. The Morgan fingerprint density at radius 2 is 2.10 bits per heavy atom. The molecule has 2 N–H and O–H groups in total. The molecule has 1 amide bonds. The van der Waals surface area contributed by atoms with Crippen molar-refractivity contribution in [3.05, 3.63) is 29.6 Å². The van der Waals surface area contributed by atoms with E-state index in [2.05, 4.69) is 13.8 Å². The number of hydrogen-bond donors (Lipinski definition) is 1. The molecule has 4 heteroatoms. The van der Waals surface area contributed by atoms with E-state index < -0.39 is 5.82 Å². The van der Waals surface area contributed by atoms with Crippen molar-refractivity contribution < 1.29 is 9.18 Å². The van der Waals surface area contributed by atoms with Crippen molar-refractivity contribution in [1.29, 1.82) is 0 Å². The number of benzene rings is 1. The molecule has 20 heavy (non-hydrogen) atoms. The van der Waals surface area contributed by atoms with Gasteiger partial charge in [-0.25, -0.2) is 4.39 Å². The summed E-state index contributed by atoms with van der Waals surface area (Å²) in [5, 5.41) is 0. The Morgan fingerprint density at radius 3 is 2.80 bits per heavy atom. The molecule has 1 aliphatic rings. The highest BCUT2D eigenvalue weighted by atomic mass is 19.1. The Balaban J connectivity index is 2.11. The standard InChI is InChI=1S/C16H23FN2O/c1-11(2)12-4-3-8-19(9-7-12)16(20)14-10-13(18)5-6-15(14)17/h5-6,10-12H,3-4,7-9,18H2,1-2H3. The van der Waals surface area contributed by atoms with Gasteiger partial charge in [-0.3, -0.25) is 4.79 Å². The van der Waals surface area contributed by atoms with E-state index in [1.165, 1.54) is 18.2 Å². The Kier molecular flexibility index (Phi) is 4.63. The summed E-state index contributed by atoms with van der Waals surface area (Å²) in [6.07, 6.45) is 3.12. The highest BCUT2D eigenvalue weighted by Crippen LogP contribution is 2.25. The zero-order chi connectivity index (χ0) is 14.7. The number of nitrogens with two attached hydrogens (primary N) is 1. The molecule has 1 unspecified atom stereocenters. The first kappa shape index (κ1) is 14.8. The summed E-state index contributed by atoms with van der Waals surface area (Å²) in [5.74, 6) is 0.556. The van der Waals surface area contributed by atoms with Crippen LogP contribution in [0.2, 0.25) is 0 Å². The first-order chi connectivity index (χ1) is 9.49. The number of carbonyl (C=O) groups excluding carboxylic acids is 1. The topological polar surface area (TPSA) is 46.3 Å². The molecule has 1 aliphatic heterocycles. The van der Waals surface area contributed by atoms with Crippen molar-refractivity contribution >= 4 is 11.6 Å². The van der Waals surface area contributed by atoms with Crippen molar-refractivity contribution in [2.45, 2.75) is 33.1 Å². The number of hydrogen-bond acceptors (Lipinski definition) is 2. The van der Waals surface area contributed by atoms with Gasteiger partial charge in [0.25, 0.3) is 5.91 Å². The largest absolute Gasteiger partial charge is 0.399 e. The van der Waals surface area contributed by atoms with Crippen LogP contribution in [0.4, 0.5) is 10.1 Å². The normalized spacial score (nSPS) is 20.0. The number of anilines is 1. The van der Waals surface area contributed by atoms with E-state index in [0.29, 0.717) is 30.6 Å². The van der Waals surface area contributed by atoms with Gasteiger partial charge in [-0.05, 0) is 49.3 Å². The summed E-state index contributed by atoms with van der Waals surface area (Å²) < 4.78 is 13.8. The van der Waals surface area contributed by atoms with Gasteiger partial charge in [0, 0.05) is 18.8 Å². The third-order valence-corrected chi connectivity index (χ3v) is 4.22. The molecule has 1 aromatic carbocycles. The van der Waals surface area contributed by atoms with Gasteiger partial charge in [0.1, 0.15) is 5.82 Å². The molecule has 1 heterocycles. The Hall–Kier alpha value is -1.58. The quantitative estimate of drug-likeness (QED) is 0.844. The number of nitrogen functional groups attached to an aromatic ring is 1. The van der Waals surface area contributed by atoms with E-state index in [1.807, 2.05) is 0 Å². The van der Waals surface area contributed by atoms with Crippen LogP contribution in [-0.4, -0.2) is 23.9 Å². The molecule has 1 fully saturated rings. The third-order valence-electron chi connectivity index (χ3n) is 4.22. The Labute approximate surface area is 120 Å². The zero-order valence-corrected chi connectivity index (χ0v) is 12.2. The van der Waals surface area contributed by atoms with Crippen molar-refractivity contribution in [2.24, 2.45) is 11.8 Å². The lowest BCUT2D eigenvalue weighted by molar-refractivity contribution is 0.0754. The van der Waals surface area contributed by atoms with Gasteiger partial charge in [0.15, 0.2) is 0 Å². The Bertz CT molecular complexity index is 487. The molecule has 3 nitrogen and oxygen atoms in total. The van der Waals surface area contributed by atoms with Crippen molar-refractivity contribution in [1.82, 2.24) is 4.90 Å². The summed E-state index contributed by atoms with van der Waals surface area (Å²) in [6, 6.07) is 4.17. The highest BCUT2D eigenvalue weighted by molar-refractivity contribution is 5.95. The molecule has 0 aromatic heterocycles. The first-order valence-electron chi connectivity index (χ1n) is 7.33. The van der Waals surface area contributed by atoms with E-state index in [-0.39, 0.29) is 11.5 Å². The van der Waals surface area contributed by atoms with Gasteiger partial charge in [0.2, 0.25) is 0 Å². The first-order valence-corrected chi connectivity index (χ1v) is 7.33. The number of rotatable bonds is 2. The van der Waals surface area contributed by atoms with Gasteiger partial charge >= 0.3 is 0 Å². The molecule has 0 spiro atoms. The molecular formula is C16H23FN2O. The number of carbonyl (C=O) groups is 1. The molecule has 0 saturated carbocycles. The second-order valence-electron chi connectivity index (χ2n) is 5.97. The van der Waals surface area contributed by atoms with E-state index in [0.717, 1.165) is 19.3 Å². The number of nitrogens with zero attached hydrogens (tertiary/aromatic N) is 1. The molecule has 1 aromatic rings. The van der Waals surface area contributed by atoms with Crippen LogP contribution < -0.4 is 5.73 Å². The summed E-state index contributed by atoms with van der Waals surface area (Å²) in [7, 11) is 0. The minimum Gasteiger partial charge on any atom is -0.399 e. The summed E-state index contributed by atoms with van der Waals surface area (Å²) >= 11 is 0. The fraction of sp³-hybridized carbons (Fsp3) is 0.562. The fourth-order valence-corrected chi connectivity index (χ4v) is 2.87. The highest BCUT2D eigenvalue weighted by Gasteiger charge is 2.24. The van der Waals surface area contributed by atoms with Gasteiger partial charge < -0.3 is 10.6 Å².